The van der Waals surface area contributed by atoms with Crippen molar-refractivity contribution in [3.8, 4) is 0 Å². The molecule has 28 heavy (non-hydrogen) atoms. The van der Waals surface area contributed by atoms with Gasteiger partial charge in [0.15, 0.2) is 0 Å². The van der Waals surface area contributed by atoms with E-state index in [1.165, 1.54) is 0 Å². The average Bonchev–Trinajstić information content (AvgIpc) is 3.03. The van der Waals surface area contributed by atoms with Gasteiger partial charge in [0.2, 0.25) is 0 Å². The summed E-state index contributed by atoms with van der Waals surface area (Å²) in [6, 6.07) is 0. The third-order valence-corrected chi connectivity index (χ3v) is 6.85. The third kappa shape index (κ3) is 5.34. The second-order valence-corrected chi connectivity index (χ2v) is 10.8. The maximum atomic E-state index is 10.8. The first-order valence-electron chi connectivity index (χ1n) is 6.93. The van der Waals surface area contributed by atoms with Crippen LogP contribution in [-0.2, 0) is 75.1 Å². The molecule has 0 amide bonds. The minimum Gasteiger partial charge on any atom is -0.247 e. The summed E-state index contributed by atoms with van der Waals surface area (Å²) in [4.78, 5) is 0. The SMILES string of the molecule is O=S1(=O)OCC2(CO1)COS(=O)(=O)OC2.O=S1(=O)OCC2(COS(=O)(=O)O2)O1. The van der Waals surface area contributed by atoms with Crippen LogP contribution in [0.25, 0.3) is 0 Å². The number of hydrogen-bond acceptors (Lipinski definition) is 16. The zero-order chi connectivity index (χ0) is 20.9. The second kappa shape index (κ2) is 7.02. The minimum atomic E-state index is -4.16. The van der Waals surface area contributed by atoms with E-state index in [1.54, 1.807) is 0 Å². The van der Waals surface area contributed by atoms with E-state index in [2.05, 4.69) is 33.5 Å². The highest BCUT2D eigenvalue weighted by molar-refractivity contribution is 7.83. The lowest BCUT2D eigenvalue weighted by molar-refractivity contribution is -0.0799. The summed E-state index contributed by atoms with van der Waals surface area (Å²) < 4.78 is 120. The first-order valence-corrected chi connectivity index (χ1v) is 12.3. The number of rotatable bonds is 0. The number of hydrogen-bond donors (Lipinski definition) is 0. The summed E-state index contributed by atoms with van der Waals surface area (Å²) in [6.07, 6.45) is 0. The molecule has 4 heterocycles. The highest BCUT2D eigenvalue weighted by Crippen LogP contribution is 2.33. The Labute approximate surface area is 159 Å². The van der Waals surface area contributed by atoms with Gasteiger partial charge >= 0.3 is 41.6 Å². The standard InChI is InChI=1S/C5H8O8S2.C3H4O8S2/c6-14(7)10-1-5(2-11-14)3-12-15(8,9)13-4-5;4-12(5)8-1-3(10-12)2-9-13(6,7)11-3/h1-4H2;1-2H2. The van der Waals surface area contributed by atoms with Gasteiger partial charge in [0.25, 0.3) is 5.79 Å². The van der Waals surface area contributed by atoms with E-state index in [4.69, 9.17) is 0 Å². The lowest BCUT2D eigenvalue weighted by atomic mass is 9.93. The van der Waals surface area contributed by atoms with Crippen LogP contribution in [-0.4, -0.2) is 79.1 Å². The van der Waals surface area contributed by atoms with Crippen molar-refractivity contribution in [2.45, 2.75) is 5.79 Å². The van der Waals surface area contributed by atoms with Gasteiger partial charge in [-0.2, -0.15) is 33.7 Å². The zero-order valence-corrected chi connectivity index (χ0v) is 16.7. The van der Waals surface area contributed by atoms with Gasteiger partial charge in [-0.15, -0.1) is 0 Å². The monoisotopic (exact) mass is 492 g/mol. The molecule has 4 saturated heterocycles. The van der Waals surface area contributed by atoms with E-state index >= 15 is 0 Å². The van der Waals surface area contributed by atoms with Gasteiger partial charge in [0, 0.05) is 0 Å². The van der Waals surface area contributed by atoms with E-state index in [9.17, 15) is 33.7 Å². The fourth-order valence-electron chi connectivity index (χ4n) is 2.00. The van der Waals surface area contributed by atoms with Crippen LogP contribution in [0, 0.1) is 5.41 Å². The van der Waals surface area contributed by atoms with E-state index < -0.39 is 66.0 Å². The maximum absolute atomic E-state index is 10.8. The van der Waals surface area contributed by atoms with Crippen molar-refractivity contribution in [3.63, 3.8) is 0 Å². The third-order valence-electron chi connectivity index (χ3n) is 3.39. The van der Waals surface area contributed by atoms with Crippen molar-refractivity contribution >= 4 is 41.6 Å². The van der Waals surface area contributed by atoms with Crippen LogP contribution in [0.1, 0.15) is 0 Å². The molecule has 4 fully saturated rings. The molecular formula is C8H12O16S4. The fourth-order valence-corrected chi connectivity index (χ4v) is 5.51. The molecule has 0 aromatic rings. The van der Waals surface area contributed by atoms with Crippen LogP contribution in [0.3, 0.4) is 0 Å². The van der Waals surface area contributed by atoms with Crippen LogP contribution in [0.5, 0.6) is 0 Å². The van der Waals surface area contributed by atoms with Crippen LogP contribution in [0.15, 0.2) is 0 Å². The Bertz CT molecular complexity index is 918. The van der Waals surface area contributed by atoms with Gasteiger partial charge in [0.05, 0.1) is 31.8 Å². The van der Waals surface area contributed by atoms with Crippen molar-refractivity contribution in [3.05, 3.63) is 0 Å². The molecule has 0 aromatic carbocycles. The van der Waals surface area contributed by atoms with Crippen LogP contribution in [0.4, 0.5) is 0 Å². The summed E-state index contributed by atoms with van der Waals surface area (Å²) in [5.74, 6) is -1.86. The van der Waals surface area contributed by atoms with Gasteiger partial charge in [-0.25, -0.2) is 33.5 Å². The Morgan fingerprint density at radius 2 is 0.714 bits per heavy atom. The summed E-state index contributed by atoms with van der Waals surface area (Å²) in [7, 11) is -16.2. The Balaban J connectivity index is 0.000000162. The molecule has 0 aliphatic carbocycles. The van der Waals surface area contributed by atoms with Crippen molar-refractivity contribution in [2.75, 3.05) is 39.6 Å². The van der Waals surface area contributed by atoms with Crippen molar-refractivity contribution < 1.29 is 67.1 Å². The van der Waals surface area contributed by atoms with E-state index in [-0.39, 0.29) is 26.4 Å². The quantitative estimate of drug-likeness (QED) is 0.326. The Morgan fingerprint density at radius 1 is 0.429 bits per heavy atom. The maximum Gasteiger partial charge on any atom is 0.403 e. The van der Waals surface area contributed by atoms with Gasteiger partial charge in [0.1, 0.15) is 13.2 Å². The summed E-state index contributed by atoms with van der Waals surface area (Å²) in [6.45, 7) is -1.94. The predicted molar refractivity (Wildman–Crippen MR) is 78.7 cm³/mol. The molecular weight excluding hydrogens is 480 g/mol. The second-order valence-electron chi connectivity index (χ2n) is 5.78. The van der Waals surface area contributed by atoms with Crippen molar-refractivity contribution in [1.82, 2.24) is 0 Å². The Hall–Kier alpha value is -0.520. The topological polar surface area (TPSA) is 210 Å². The van der Waals surface area contributed by atoms with E-state index in [0.717, 1.165) is 0 Å². The zero-order valence-electron chi connectivity index (χ0n) is 13.4. The molecule has 0 saturated carbocycles. The molecule has 4 rings (SSSR count). The van der Waals surface area contributed by atoms with Gasteiger partial charge < -0.3 is 0 Å². The van der Waals surface area contributed by atoms with Gasteiger partial charge in [-0.1, -0.05) is 0 Å². The summed E-state index contributed by atoms with van der Waals surface area (Å²) >= 11 is 0. The largest absolute Gasteiger partial charge is 0.403 e. The first-order chi connectivity index (χ1) is 12.7. The molecule has 0 aromatic heterocycles. The van der Waals surface area contributed by atoms with Gasteiger partial charge in [-0.3, -0.25) is 0 Å². The molecule has 2 spiro atoms. The molecule has 0 bridgehead atoms. The molecule has 4 aliphatic rings. The summed E-state index contributed by atoms with van der Waals surface area (Å²) in [5, 5.41) is 0. The van der Waals surface area contributed by atoms with E-state index in [1.807, 2.05) is 0 Å². The van der Waals surface area contributed by atoms with E-state index in [0.29, 0.717) is 0 Å². The molecule has 4 aliphatic heterocycles. The molecule has 0 unspecified atom stereocenters. The molecule has 0 N–H and O–H groups in total. The smallest absolute Gasteiger partial charge is 0.247 e. The molecule has 0 atom stereocenters. The fraction of sp³-hybridized carbons (Fsp3) is 1.00. The predicted octanol–water partition coefficient (Wildman–Crippen LogP) is -3.18. The van der Waals surface area contributed by atoms with Crippen molar-refractivity contribution in [1.29, 1.82) is 0 Å². The molecule has 0 radical (unpaired) electrons. The molecule has 20 heteroatoms. The average molecular weight is 492 g/mol. The summed E-state index contributed by atoms with van der Waals surface area (Å²) in [5.41, 5.74) is -0.878. The van der Waals surface area contributed by atoms with Crippen LogP contribution < -0.4 is 0 Å². The first kappa shape index (κ1) is 22.2. The highest BCUT2D eigenvalue weighted by atomic mass is 32.3. The van der Waals surface area contributed by atoms with Crippen LogP contribution in [0.2, 0.25) is 0 Å². The lowest BCUT2D eigenvalue weighted by Gasteiger charge is -2.36. The Kier molecular flexibility index (Phi) is 5.56. The van der Waals surface area contributed by atoms with Crippen LogP contribution >= 0.6 is 0 Å². The highest BCUT2D eigenvalue weighted by Gasteiger charge is 2.55. The molecule has 164 valence electrons. The normalized spacial score (nSPS) is 33.1. The van der Waals surface area contributed by atoms with Gasteiger partial charge in [-0.05, 0) is 0 Å². The van der Waals surface area contributed by atoms with Crippen molar-refractivity contribution in [2.24, 2.45) is 5.41 Å². The minimum absolute atomic E-state index is 0.217. The molecule has 16 nitrogen and oxygen atoms in total. The lowest BCUT2D eigenvalue weighted by Crippen LogP contribution is -2.50. The Morgan fingerprint density at radius 3 is 0.964 bits per heavy atom.